The Hall–Kier alpha value is 0.1000. The molecule has 4 heteroatoms. The highest BCUT2D eigenvalue weighted by atomic mass is 79.9. The summed E-state index contributed by atoms with van der Waals surface area (Å²) in [6, 6.07) is 3.43. The van der Waals surface area contributed by atoms with Crippen LogP contribution in [-0.2, 0) is 0 Å². The van der Waals surface area contributed by atoms with Gasteiger partial charge in [0.15, 0.2) is 0 Å². The molecule has 0 aromatic carbocycles. The average Bonchev–Trinajstić information content (AvgIpc) is 2.76. The fourth-order valence-corrected chi connectivity index (χ4v) is 3.92. The molecular formula is C13H21BrN2S. The average molecular weight is 317 g/mol. The van der Waals surface area contributed by atoms with Crippen LogP contribution in [0.5, 0.6) is 0 Å². The van der Waals surface area contributed by atoms with Crippen molar-refractivity contribution in [1.29, 1.82) is 0 Å². The van der Waals surface area contributed by atoms with Crippen molar-refractivity contribution in [3.05, 3.63) is 20.8 Å². The van der Waals surface area contributed by atoms with E-state index in [0.717, 1.165) is 6.54 Å². The Morgan fingerprint density at radius 2 is 2.41 bits per heavy atom. The van der Waals surface area contributed by atoms with Crippen LogP contribution in [0.3, 0.4) is 0 Å². The number of rotatable bonds is 4. The smallest absolute Gasteiger partial charge is 0.0411 e. The van der Waals surface area contributed by atoms with Gasteiger partial charge < -0.3 is 5.32 Å². The van der Waals surface area contributed by atoms with Gasteiger partial charge in [-0.15, -0.1) is 11.3 Å². The van der Waals surface area contributed by atoms with Gasteiger partial charge in [0, 0.05) is 33.4 Å². The molecule has 0 bridgehead atoms. The van der Waals surface area contributed by atoms with Gasteiger partial charge in [-0.05, 0) is 55.4 Å². The maximum Gasteiger partial charge on any atom is 0.0411 e. The minimum absolute atomic E-state index is 0.509. The van der Waals surface area contributed by atoms with E-state index >= 15 is 0 Å². The lowest BCUT2D eigenvalue weighted by Gasteiger charge is -2.31. The molecule has 2 heterocycles. The lowest BCUT2D eigenvalue weighted by atomic mass is 10.0. The molecule has 1 aromatic rings. The third-order valence-corrected chi connectivity index (χ3v) is 5.45. The summed E-state index contributed by atoms with van der Waals surface area (Å²) in [5, 5.41) is 5.78. The highest BCUT2D eigenvalue weighted by Gasteiger charge is 2.19. The van der Waals surface area contributed by atoms with Crippen LogP contribution in [0.2, 0.25) is 0 Å². The maximum atomic E-state index is 3.61. The first-order chi connectivity index (χ1) is 8.16. The molecule has 1 fully saturated rings. The first kappa shape index (κ1) is 13.5. The van der Waals surface area contributed by atoms with Crippen LogP contribution in [0.15, 0.2) is 15.9 Å². The molecule has 1 saturated heterocycles. The van der Waals surface area contributed by atoms with E-state index in [-0.39, 0.29) is 0 Å². The van der Waals surface area contributed by atoms with Gasteiger partial charge in [-0.3, -0.25) is 4.90 Å². The fraction of sp³-hybridized carbons (Fsp3) is 0.692. The number of thiophene rings is 1. The number of nitrogens with zero attached hydrogens (tertiary/aromatic N) is 1. The second-order valence-electron chi connectivity index (χ2n) is 4.93. The van der Waals surface area contributed by atoms with Gasteiger partial charge in [-0.25, -0.2) is 0 Å². The molecule has 0 aliphatic carbocycles. The molecule has 2 rings (SSSR count). The van der Waals surface area contributed by atoms with E-state index in [4.69, 9.17) is 0 Å². The number of likely N-dealkylation sites (N-methyl/N-ethyl adjacent to an activating group) is 1. The summed E-state index contributed by atoms with van der Waals surface area (Å²) in [4.78, 5) is 3.90. The lowest BCUT2D eigenvalue weighted by Crippen LogP contribution is -2.42. The quantitative estimate of drug-likeness (QED) is 0.912. The van der Waals surface area contributed by atoms with Crippen molar-refractivity contribution in [2.75, 3.05) is 20.1 Å². The third-order valence-electron chi connectivity index (χ3n) is 3.58. The number of halogens is 1. The normalized spacial score (nSPS) is 22.9. The Bertz CT molecular complexity index is 347. The van der Waals surface area contributed by atoms with Gasteiger partial charge in [0.25, 0.3) is 0 Å². The molecule has 2 unspecified atom stereocenters. The molecule has 17 heavy (non-hydrogen) atoms. The molecule has 2 nitrogen and oxygen atoms in total. The van der Waals surface area contributed by atoms with Crippen molar-refractivity contribution in [3.8, 4) is 0 Å². The highest BCUT2D eigenvalue weighted by Crippen LogP contribution is 2.28. The Morgan fingerprint density at radius 3 is 3.00 bits per heavy atom. The molecule has 1 aromatic heterocycles. The summed E-state index contributed by atoms with van der Waals surface area (Å²) < 4.78 is 1.20. The summed E-state index contributed by atoms with van der Waals surface area (Å²) in [6.45, 7) is 4.63. The first-order valence-electron chi connectivity index (χ1n) is 6.34. The van der Waals surface area contributed by atoms with Gasteiger partial charge in [0.1, 0.15) is 0 Å². The summed E-state index contributed by atoms with van der Waals surface area (Å²) in [7, 11) is 2.23. The molecule has 2 atom stereocenters. The lowest BCUT2D eigenvalue weighted by molar-refractivity contribution is 0.217. The third kappa shape index (κ3) is 3.78. The Balaban J connectivity index is 1.88. The van der Waals surface area contributed by atoms with Gasteiger partial charge in [-0.2, -0.15) is 0 Å². The first-order valence-corrected chi connectivity index (χ1v) is 8.01. The standard InChI is InChI=1S/C13H21BrN2S/c1-10(13-7-11(14)9-17-13)16(2)8-12-5-3-4-6-15-12/h7,9-10,12,15H,3-6,8H2,1-2H3. The predicted molar refractivity (Wildman–Crippen MR) is 78.7 cm³/mol. The highest BCUT2D eigenvalue weighted by molar-refractivity contribution is 9.10. The van der Waals surface area contributed by atoms with Crippen molar-refractivity contribution in [1.82, 2.24) is 10.2 Å². The number of piperidine rings is 1. The van der Waals surface area contributed by atoms with Crippen molar-refractivity contribution in [3.63, 3.8) is 0 Å². The predicted octanol–water partition coefficient (Wildman–Crippen LogP) is 3.65. The summed E-state index contributed by atoms with van der Waals surface area (Å²) in [5.74, 6) is 0. The zero-order chi connectivity index (χ0) is 12.3. The number of nitrogens with one attached hydrogen (secondary N) is 1. The van der Waals surface area contributed by atoms with E-state index in [1.165, 1.54) is 35.2 Å². The van der Waals surface area contributed by atoms with Crippen LogP contribution in [0.4, 0.5) is 0 Å². The minimum atomic E-state index is 0.509. The molecule has 1 aliphatic rings. The molecule has 0 saturated carbocycles. The molecule has 1 N–H and O–H groups in total. The van der Waals surface area contributed by atoms with Crippen molar-refractivity contribution in [2.45, 2.75) is 38.3 Å². The van der Waals surface area contributed by atoms with Crippen molar-refractivity contribution in [2.24, 2.45) is 0 Å². The molecule has 96 valence electrons. The molecule has 1 aliphatic heterocycles. The zero-order valence-electron chi connectivity index (χ0n) is 10.6. The number of hydrogen-bond acceptors (Lipinski definition) is 3. The summed E-state index contributed by atoms with van der Waals surface area (Å²) in [5.41, 5.74) is 0. The zero-order valence-corrected chi connectivity index (χ0v) is 13.0. The van der Waals surface area contributed by atoms with Crippen LogP contribution in [-0.4, -0.2) is 31.1 Å². The topological polar surface area (TPSA) is 15.3 Å². The number of hydrogen-bond donors (Lipinski definition) is 1. The van der Waals surface area contributed by atoms with E-state index in [1.54, 1.807) is 0 Å². The van der Waals surface area contributed by atoms with Crippen LogP contribution >= 0.6 is 27.3 Å². The van der Waals surface area contributed by atoms with Crippen LogP contribution in [0.25, 0.3) is 0 Å². The van der Waals surface area contributed by atoms with Gasteiger partial charge in [-0.1, -0.05) is 6.42 Å². The fourth-order valence-electron chi connectivity index (χ4n) is 2.35. The molecule has 0 spiro atoms. The molecular weight excluding hydrogens is 296 g/mol. The summed E-state index contributed by atoms with van der Waals surface area (Å²) >= 11 is 5.37. The van der Waals surface area contributed by atoms with Gasteiger partial charge >= 0.3 is 0 Å². The monoisotopic (exact) mass is 316 g/mol. The molecule has 0 radical (unpaired) electrons. The second-order valence-corrected chi connectivity index (χ2v) is 6.79. The van der Waals surface area contributed by atoms with Crippen LogP contribution in [0.1, 0.15) is 37.1 Å². The van der Waals surface area contributed by atoms with E-state index < -0.39 is 0 Å². The Labute approximate surface area is 117 Å². The largest absolute Gasteiger partial charge is 0.313 e. The van der Waals surface area contributed by atoms with Gasteiger partial charge in [0.05, 0.1) is 0 Å². The van der Waals surface area contributed by atoms with Crippen molar-refractivity contribution >= 4 is 27.3 Å². The Morgan fingerprint density at radius 1 is 1.59 bits per heavy atom. The Kier molecular flexibility index (Phi) is 5.03. The van der Waals surface area contributed by atoms with E-state index in [0.29, 0.717) is 12.1 Å². The SMILES string of the molecule is CC(c1cc(Br)cs1)N(C)CC1CCCCN1. The maximum absolute atomic E-state index is 3.61. The van der Waals surface area contributed by atoms with Crippen LogP contribution < -0.4 is 5.32 Å². The van der Waals surface area contributed by atoms with Crippen LogP contribution in [0, 0.1) is 0 Å². The van der Waals surface area contributed by atoms with E-state index in [2.05, 4.69) is 51.6 Å². The minimum Gasteiger partial charge on any atom is -0.313 e. The van der Waals surface area contributed by atoms with Gasteiger partial charge in [0.2, 0.25) is 0 Å². The summed E-state index contributed by atoms with van der Waals surface area (Å²) in [6.07, 6.45) is 4.04. The van der Waals surface area contributed by atoms with E-state index in [1.807, 2.05) is 11.3 Å². The second kappa shape index (κ2) is 6.32. The van der Waals surface area contributed by atoms with E-state index in [9.17, 15) is 0 Å². The molecule has 0 amide bonds. The van der Waals surface area contributed by atoms with Crippen molar-refractivity contribution < 1.29 is 0 Å².